The molecule has 0 atom stereocenters. The van der Waals surface area contributed by atoms with E-state index in [0.717, 1.165) is 6.08 Å². The minimum atomic E-state index is -6.67. The lowest BCUT2D eigenvalue weighted by atomic mass is 9.97. The van der Waals surface area contributed by atoms with E-state index in [1.165, 1.54) is 18.4 Å². The van der Waals surface area contributed by atoms with Crippen LogP contribution in [0.5, 0.6) is 0 Å². The van der Waals surface area contributed by atoms with E-state index in [1.54, 1.807) is 0 Å². The van der Waals surface area contributed by atoms with Gasteiger partial charge in [-0.15, -0.1) is 0 Å². The molecule has 0 saturated carbocycles. The van der Waals surface area contributed by atoms with Gasteiger partial charge in [0.1, 0.15) is 5.76 Å². The van der Waals surface area contributed by atoms with Crippen LogP contribution in [0, 0.1) is 0 Å². The lowest BCUT2D eigenvalue weighted by Crippen LogP contribution is -2.60. The second kappa shape index (κ2) is 6.73. The maximum absolute atomic E-state index is 13.2. The smallest absolute Gasteiger partial charge is 0.385 e. The Labute approximate surface area is 128 Å². The van der Waals surface area contributed by atoms with Crippen LogP contribution >= 0.6 is 0 Å². The van der Waals surface area contributed by atoms with Crippen molar-refractivity contribution in [2.45, 2.75) is 30.6 Å². The zero-order chi connectivity index (χ0) is 18.8. The van der Waals surface area contributed by atoms with E-state index in [1.807, 2.05) is 0 Å². The van der Waals surface area contributed by atoms with Gasteiger partial charge in [-0.25, -0.2) is 8.78 Å². The van der Waals surface area contributed by atoms with E-state index < -0.39 is 42.2 Å². The van der Waals surface area contributed by atoms with Crippen molar-refractivity contribution in [3.63, 3.8) is 0 Å². The molecule has 1 aromatic heterocycles. The molecule has 0 aromatic carbocycles. The molecule has 0 bridgehead atoms. The highest BCUT2D eigenvalue weighted by molar-refractivity contribution is 6.08. The number of ketones is 2. The van der Waals surface area contributed by atoms with Crippen molar-refractivity contribution in [1.82, 2.24) is 0 Å². The molecule has 134 valence electrons. The Balaban J connectivity index is 2.90. The Morgan fingerprint density at radius 2 is 1.71 bits per heavy atom. The van der Waals surface area contributed by atoms with E-state index in [0.29, 0.717) is 6.08 Å². The van der Waals surface area contributed by atoms with Gasteiger partial charge in [0.05, 0.1) is 12.7 Å². The zero-order valence-corrected chi connectivity index (χ0v) is 11.4. The topological polar surface area (TPSA) is 47.3 Å². The van der Waals surface area contributed by atoms with Crippen molar-refractivity contribution in [3.05, 3.63) is 30.2 Å². The zero-order valence-electron chi connectivity index (χ0n) is 11.4. The van der Waals surface area contributed by atoms with E-state index in [-0.39, 0.29) is 5.76 Å². The predicted molar refractivity (Wildman–Crippen MR) is 63.2 cm³/mol. The molecule has 0 N–H and O–H groups in total. The van der Waals surface area contributed by atoms with Crippen LogP contribution in [0.3, 0.4) is 0 Å². The van der Waals surface area contributed by atoms with E-state index in [2.05, 4.69) is 0 Å². The molecule has 1 rings (SSSR count). The summed E-state index contributed by atoms with van der Waals surface area (Å²) in [5, 5.41) is 0. The minimum Gasteiger partial charge on any atom is -0.465 e. The minimum absolute atomic E-state index is 0.0529. The van der Waals surface area contributed by atoms with Gasteiger partial charge in [0, 0.05) is 0 Å². The number of hydrogen-bond acceptors (Lipinski definition) is 3. The Kier molecular flexibility index (Phi) is 5.57. The van der Waals surface area contributed by atoms with E-state index >= 15 is 0 Å². The molecular formula is C13H8F8O3. The number of allylic oxidation sites excluding steroid dienone is 1. The highest BCUT2D eigenvalue weighted by Crippen LogP contribution is 2.49. The number of furan rings is 1. The molecule has 0 aliphatic rings. The molecule has 0 saturated heterocycles. The van der Waals surface area contributed by atoms with Crippen LogP contribution in [0.15, 0.2) is 28.9 Å². The normalized spacial score (nSPS) is 13.7. The molecule has 0 spiro atoms. The molecular weight excluding hydrogens is 356 g/mol. The number of carbonyl (C=O) groups is 2. The van der Waals surface area contributed by atoms with Gasteiger partial charge in [-0.05, 0) is 24.3 Å². The Hall–Kier alpha value is -2.20. The van der Waals surface area contributed by atoms with Crippen LogP contribution in [0.2, 0.25) is 0 Å². The summed E-state index contributed by atoms with van der Waals surface area (Å²) >= 11 is 0. The number of carbonyl (C=O) groups excluding carboxylic acids is 2. The SMILES string of the molecule is O=C(C=Cc1ccco1)CC(=O)C(F)(F)C(F)(F)C(F)(F)C(F)F. The summed E-state index contributed by atoms with van der Waals surface area (Å²) in [6, 6.07) is 2.70. The monoisotopic (exact) mass is 364 g/mol. The van der Waals surface area contributed by atoms with Crippen molar-refractivity contribution in [2.75, 3.05) is 0 Å². The summed E-state index contributed by atoms with van der Waals surface area (Å²) in [5.41, 5.74) is 0. The molecule has 0 aliphatic heterocycles. The Morgan fingerprint density at radius 3 is 2.17 bits per heavy atom. The van der Waals surface area contributed by atoms with Crippen LogP contribution in [-0.2, 0) is 9.59 Å². The number of hydrogen-bond donors (Lipinski definition) is 0. The fourth-order valence-corrected chi connectivity index (χ4v) is 1.41. The van der Waals surface area contributed by atoms with Gasteiger partial charge in [0.25, 0.3) is 0 Å². The van der Waals surface area contributed by atoms with Gasteiger partial charge >= 0.3 is 24.2 Å². The van der Waals surface area contributed by atoms with Crippen LogP contribution in [0.25, 0.3) is 6.08 Å². The van der Waals surface area contributed by atoms with E-state index in [4.69, 9.17) is 4.42 Å². The third-order valence-corrected chi connectivity index (χ3v) is 2.75. The van der Waals surface area contributed by atoms with Gasteiger partial charge in [-0.2, -0.15) is 26.3 Å². The molecule has 1 heterocycles. The average Bonchev–Trinajstić information content (AvgIpc) is 2.97. The van der Waals surface area contributed by atoms with Crippen molar-refractivity contribution in [3.8, 4) is 0 Å². The van der Waals surface area contributed by atoms with Crippen molar-refractivity contribution < 1.29 is 49.1 Å². The second-order valence-corrected chi connectivity index (χ2v) is 4.49. The largest absolute Gasteiger partial charge is 0.465 e. The molecule has 0 unspecified atom stereocenters. The molecule has 24 heavy (non-hydrogen) atoms. The Bertz CT molecular complexity index is 619. The molecule has 0 radical (unpaired) electrons. The third-order valence-electron chi connectivity index (χ3n) is 2.75. The summed E-state index contributed by atoms with van der Waals surface area (Å²) in [4.78, 5) is 22.3. The fourth-order valence-electron chi connectivity index (χ4n) is 1.41. The number of rotatable bonds is 8. The first-order valence-corrected chi connectivity index (χ1v) is 6.03. The van der Waals surface area contributed by atoms with Crippen molar-refractivity contribution in [2.24, 2.45) is 0 Å². The Morgan fingerprint density at radius 1 is 1.12 bits per heavy atom. The number of halogens is 8. The van der Waals surface area contributed by atoms with Crippen LogP contribution < -0.4 is 0 Å². The lowest BCUT2D eigenvalue weighted by Gasteiger charge is -2.31. The van der Waals surface area contributed by atoms with E-state index in [9.17, 15) is 44.7 Å². The molecule has 1 aromatic rings. The summed E-state index contributed by atoms with van der Waals surface area (Å²) in [7, 11) is 0. The molecule has 3 nitrogen and oxygen atoms in total. The number of alkyl halides is 8. The third kappa shape index (κ3) is 3.65. The predicted octanol–water partition coefficient (Wildman–Crippen LogP) is 3.99. The highest BCUT2D eigenvalue weighted by atomic mass is 19.4. The molecule has 0 fully saturated rings. The average molecular weight is 364 g/mol. The van der Waals surface area contributed by atoms with Gasteiger partial charge in [-0.1, -0.05) is 0 Å². The lowest BCUT2D eigenvalue weighted by molar-refractivity contribution is -0.327. The van der Waals surface area contributed by atoms with Crippen molar-refractivity contribution >= 4 is 17.6 Å². The summed E-state index contributed by atoms with van der Waals surface area (Å²) in [6.07, 6.45) is -4.44. The van der Waals surface area contributed by atoms with Gasteiger partial charge < -0.3 is 4.42 Å². The van der Waals surface area contributed by atoms with Gasteiger partial charge in [0.15, 0.2) is 5.78 Å². The van der Waals surface area contributed by atoms with Gasteiger partial charge in [-0.3, -0.25) is 9.59 Å². The highest BCUT2D eigenvalue weighted by Gasteiger charge is 2.77. The first kappa shape index (κ1) is 19.8. The van der Waals surface area contributed by atoms with Gasteiger partial charge in [0.2, 0.25) is 5.78 Å². The first-order chi connectivity index (χ1) is 10.8. The molecule has 0 amide bonds. The van der Waals surface area contributed by atoms with Crippen LogP contribution in [0.1, 0.15) is 12.2 Å². The summed E-state index contributed by atoms with van der Waals surface area (Å²) < 4.78 is 106. The van der Waals surface area contributed by atoms with Crippen molar-refractivity contribution in [1.29, 1.82) is 0 Å². The number of Topliss-reactive ketones (excluding diaryl/α,β-unsaturated/α-hetero) is 1. The molecule has 11 heteroatoms. The van der Waals surface area contributed by atoms with Crippen LogP contribution in [0.4, 0.5) is 35.1 Å². The first-order valence-electron chi connectivity index (χ1n) is 6.03. The second-order valence-electron chi connectivity index (χ2n) is 4.49. The van der Waals surface area contributed by atoms with Crippen LogP contribution in [-0.4, -0.2) is 35.8 Å². The molecule has 0 aliphatic carbocycles. The standard InChI is InChI=1S/C13H8F8O3/c14-10(15)12(18,19)13(20,21)11(16,17)9(23)6-7(22)3-4-8-2-1-5-24-8/h1-5,10H,6H2. The fraction of sp³-hybridized carbons (Fsp3) is 0.385. The quantitative estimate of drug-likeness (QED) is 0.398. The maximum Gasteiger partial charge on any atom is 0.385 e. The summed E-state index contributed by atoms with van der Waals surface area (Å²) in [6.45, 7) is 0. The maximum atomic E-state index is 13.2. The summed E-state index contributed by atoms with van der Waals surface area (Å²) in [5.74, 6) is -23.6.